The van der Waals surface area contributed by atoms with Crippen molar-refractivity contribution >= 4 is 11.6 Å². The molecule has 0 amide bonds. The SMILES string of the molecule is C[C@@H](CC1CCC(CCc2ccc(-c3ccc(Cl)cc3)cc2)CC1)c1ccccc1. The maximum absolute atomic E-state index is 6.00. The first-order valence-electron chi connectivity index (χ1n) is 11.6. The highest BCUT2D eigenvalue weighted by Gasteiger charge is 2.23. The van der Waals surface area contributed by atoms with Crippen molar-refractivity contribution in [2.75, 3.05) is 0 Å². The number of hydrogen-bond acceptors (Lipinski definition) is 0. The molecule has 1 fully saturated rings. The minimum absolute atomic E-state index is 0.687. The second kappa shape index (κ2) is 10.3. The Morgan fingerprint density at radius 3 is 1.93 bits per heavy atom. The van der Waals surface area contributed by atoms with E-state index in [9.17, 15) is 0 Å². The highest BCUT2D eigenvalue weighted by molar-refractivity contribution is 6.30. The zero-order valence-corrected chi connectivity index (χ0v) is 18.8. The second-order valence-electron chi connectivity index (χ2n) is 9.18. The normalized spacial score (nSPS) is 20.1. The molecule has 0 radical (unpaired) electrons. The molecule has 0 heterocycles. The Bertz CT molecular complexity index is 887. The standard InChI is InChI=1S/C29H33Cl/c1-22(26-5-3-2-4-6-26)21-25-11-9-23(10-12-25)7-8-24-13-15-27(16-14-24)28-17-19-29(30)20-18-28/h2-6,13-20,22-23,25H,7-12,21H2,1H3/t22-,23?,25?/m0/s1. The summed E-state index contributed by atoms with van der Waals surface area (Å²) in [5.74, 6) is 2.51. The van der Waals surface area contributed by atoms with Crippen molar-refractivity contribution in [1.29, 1.82) is 0 Å². The number of aryl methyl sites for hydroxylation is 1. The summed E-state index contributed by atoms with van der Waals surface area (Å²) in [7, 11) is 0. The Morgan fingerprint density at radius 2 is 1.30 bits per heavy atom. The fraction of sp³-hybridized carbons (Fsp3) is 0.379. The largest absolute Gasteiger partial charge is 0.0843 e. The summed E-state index contributed by atoms with van der Waals surface area (Å²) in [6.07, 6.45) is 9.54. The molecule has 0 spiro atoms. The van der Waals surface area contributed by atoms with E-state index in [0.717, 1.165) is 16.9 Å². The van der Waals surface area contributed by atoms with Crippen LogP contribution in [0, 0.1) is 11.8 Å². The molecule has 4 rings (SSSR count). The van der Waals surface area contributed by atoms with Crippen LogP contribution < -0.4 is 0 Å². The number of rotatable bonds is 7. The van der Waals surface area contributed by atoms with Gasteiger partial charge >= 0.3 is 0 Å². The van der Waals surface area contributed by atoms with Crippen molar-refractivity contribution in [3.8, 4) is 11.1 Å². The molecule has 3 aromatic rings. The average Bonchev–Trinajstić information content (AvgIpc) is 2.80. The molecule has 1 aliphatic rings. The summed E-state index contributed by atoms with van der Waals surface area (Å²) >= 11 is 6.00. The van der Waals surface area contributed by atoms with E-state index in [2.05, 4.69) is 73.7 Å². The van der Waals surface area contributed by atoms with Gasteiger partial charge in [-0.05, 0) is 71.4 Å². The van der Waals surface area contributed by atoms with Crippen LogP contribution in [0.2, 0.25) is 5.02 Å². The van der Waals surface area contributed by atoms with Crippen molar-refractivity contribution in [2.45, 2.75) is 57.8 Å². The van der Waals surface area contributed by atoms with Crippen LogP contribution in [0.25, 0.3) is 11.1 Å². The van der Waals surface area contributed by atoms with Crippen LogP contribution in [-0.2, 0) is 6.42 Å². The molecule has 1 saturated carbocycles. The monoisotopic (exact) mass is 416 g/mol. The van der Waals surface area contributed by atoms with Crippen LogP contribution in [-0.4, -0.2) is 0 Å². The first-order chi connectivity index (χ1) is 14.7. The number of benzene rings is 3. The third-order valence-electron chi connectivity index (χ3n) is 6.99. The summed E-state index contributed by atoms with van der Waals surface area (Å²) < 4.78 is 0. The average molecular weight is 417 g/mol. The van der Waals surface area contributed by atoms with E-state index in [1.807, 2.05) is 12.1 Å². The van der Waals surface area contributed by atoms with E-state index in [1.165, 1.54) is 67.2 Å². The van der Waals surface area contributed by atoms with Gasteiger partial charge < -0.3 is 0 Å². The van der Waals surface area contributed by atoms with E-state index in [4.69, 9.17) is 11.6 Å². The van der Waals surface area contributed by atoms with Gasteiger partial charge in [-0.15, -0.1) is 0 Å². The Labute approximate surface area is 187 Å². The van der Waals surface area contributed by atoms with Crippen molar-refractivity contribution in [1.82, 2.24) is 0 Å². The zero-order chi connectivity index (χ0) is 20.8. The molecule has 1 atom stereocenters. The predicted molar refractivity (Wildman–Crippen MR) is 130 cm³/mol. The van der Waals surface area contributed by atoms with Gasteiger partial charge in [0.15, 0.2) is 0 Å². The smallest absolute Gasteiger partial charge is 0.0406 e. The van der Waals surface area contributed by atoms with Crippen LogP contribution in [0.1, 0.15) is 62.5 Å². The summed E-state index contributed by atoms with van der Waals surface area (Å²) in [6, 6.07) is 28.2. The fourth-order valence-electron chi connectivity index (χ4n) is 5.05. The van der Waals surface area contributed by atoms with Gasteiger partial charge in [-0.2, -0.15) is 0 Å². The van der Waals surface area contributed by atoms with Gasteiger partial charge in [-0.3, -0.25) is 0 Å². The summed E-state index contributed by atoms with van der Waals surface area (Å²) in [4.78, 5) is 0. The van der Waals surface area contributed by atoms with Crippen molar-refractivity contribution in [3.63, 3.8) is 0 Å². The molecule has 0 N–H and O–H groups in total. The maximum atomic E-state index is 6.00. The van der Waals surface area contributed by atoms with Gasteiger partial charge in [-0.25, -0.2) is 0 Å². The van der Waals surface area contributed by atoms with Gasteiger partial charge in [0.25, 0.3) is 0 Å². The molecule has 156 valence electrons. The van der Waals surface area contributed by atoms with Crippen LogP contribution >= 0.6 is 11.6 Å². The van der Waals surface area contributed by atoms with Crippen molar-refractivity contribution < 1.29 is 0 Å². The number of hydrogen-bond donors (Lipinski definition) is 0. The summed E-state index contributed by atoms with van der Waals surface area (Å²) in [5.41, 5.74) is 5.46. The van der Waals surface area contributed by atoms with Gasteiger partial charge in [0, 0.05) is 5.02 Å². The van der Waals surface area contributed by atoms with Gasteiger partial charge in [0.2, 0.25) is 0 Å². The molecule has 0 saturated heterocycles. The Morgan fingerprint density at radius 1 is 0.733 bits per heavy atom. The lowest BCUT2D eigenvalue weighted by Crippen LogP contribution is -2.16. The van der Waals surface area contributed by atoms with E-state index < -0.39 is 0 Å². The molecule has 0 aliphatic heterocycles. The van der Waals surface area contributed by atoms with Crippen molar-refractivity contribution in [2.24, 2.45) is 11.8 Å². The van der Waals surface area contributed by atoms with Gasteiger partial charge in [0.05, 0.1) is 0 Å². The van der Waals surface area contributed by atoms with Crippen LogP contribution in [0.3, 0.4) is 0 Å². The van der Waals surface area contributed by atoms with E-state index in [0.29, 0.717) is 5.92 Å². The van der Waals surface area contributed by atoms with Gasteiger partial charge in [0.1, 0.15) is 0 Å². The van der Waals surface area contributed by atoms with Gasteiger partial charge in [-0.1, -0.05) is 111 Å². The Hall–Kier alpha value is -2.05. The number of halogens is 1. The van der Waals surface area contributed by atoms with Crippen LogP contribution in [0.5, 0.6) is 0 Å². The third kappa shape index (κ3) is 5.76. The van der Waals surface area contributed by atoms with Crippen molar-refractivity contribution in [3.05, 3.63) is 95.0 Å². The van der Waals surface area contributed by atoms with Crippen LogP contribution in [0.4, 0.5) is 0 Å². The predicted octanol–water partition coefficient (Wildman–Crippen LogP) is 8.94. The molecule has 1 aliphatic carbocycles. The maximum Gasteiger partial charge on any atom is 0.0406 e. The lowest BCUT2D eigenvalue weighted by molar-refractivity contribution is 0.245. The summed E-state index contributed by atoms with van der Waals surface area (Å²) in [5, 5.41) is 0.791. The van der Waals surface area contributed by atoms with E-state index in [1.54, 1.807) is 0 Å². The molecular weight excluding hydrogens is 384 g/mol. The Balaban J connectivity index is 1.21. The topological polar surface area (TPSA) is 0 Å². The summed E-state index contributed by atoms with van der Waals surface area (Å²) in [6.45, 7) is 2.40. The zero-order valence-electron chi connectivity index (χ0n) is 18.1. The first-order valence-corrected chi connectivity index (χ1v) is 11.9. The minimum Gasteiger partial charge on any atom is -0.0843 e. The fourth-order valence-corrected chi connectivity index (χ4v) is 5.18. The molecule has 0 unspecified atom stereocenters. The molecule has 30 heavy (non-hydrogen) atoms. The highest BCUT2D eigenvalue weighted by Crippen LogP contribution is 2.37. The van der Waals surface area contributed by atoms with E-state index in [-0.39, 0.29) is 0 Å². The minimum atomic E-state index is 0.687. The molecular formula is C29H33Cl. The first kappa shape index (κ1) is 21.2. The third-order valence-corrected chi connectivity index (χ3v) is 7.25. The highest BCUT2D eigenvalue weighted by atomic mass is 35.5. The quantitative estimate of drug-likeness (QED) is 0.360. The molecule has 0 nitrogen and oxygen atoms in total. The van der Waals surface area contributed by atoms with E-state index >= 15 is 0 Å². The lowest BCUT2D eigenvalue weighted by atomic mass is 9.75. The molecule has 1 heteroatoms. The molecule has 0 aromatic heterocycles. The molecule has 0 bridgehead atoms. The lowest BCUT2D eigenvalue weighted by Gasteiger charge is -2.30. The Kier molecular flexibility index (Phi) is 7.28. The van der Waals surface area contributed by atoms with Crippen LogP contribution in [0.15, 0.2) is 78.9 Å². The second-order valence-corrected chi connectivity index (χ2v) is 9.61. The molecule has 3 aromatic carbocycles.